The summed E-state index contributed by atoms with van der Waals surface area (Å²) in [4.78, 5) is 0. The van der Waals surface area contributed by atoms with E-state index in [4.69, 9.17) is 0 Å². The van der Waals surface area contributed by atoms with Gasteiger partial charge in [-0.15, -0.1) is 0 Å². The van der Waals surface area contributed by atoms with Crippen LogP contribution in [0, 0.1) is 0 Å². The lowest BCUT2D eigenvalue weighted by Gasteiger charge is -1.49. The van der Waals surface area contributed by atoms with E-state index < -0.39 is 0 Å². The van der Waals surface area contributed by atoms with Gasteiger partial charge in [0.1, 0.15) is 0 Å². The summed E-state index contributed by atoms with van der Waals surface area (Å²) in [7, 11) is 0. The first kappa shape index (κ1) is 15.8. The molecule has 0 aliphatic carbocycles. The highest BCUT2D eigenvalue weighted by atomic mass is 13.4. The Kier molecular flexibility index (Phi) is 93.1. The van der Waals surface area contributed by atoms with Crippen LogP contribution in [0.4, 0.5) is 0 Å². The third-order valence-corrected chi connectivity index (χ3v) is 0.333. The van der Waals surface area contributed by atoms with Crippen LogP contribution in [0.25, 0.3) is 0 Å². The Labute approximate surface area is 49.2 Å². The zero-order valence-corrected chi connectivity index (χ0v) is 5.73. The van der Waals surface area contributed by atoms with Crippen LogP contribution in [0.5, 0.6) is 0 Å². The molecule has 0 aromatic carbocycles. The lowest BCUT2D eigenvalue weighted by molar-refractivity contribution is 1.50. The highest BCUT2D eigenvalue weighted by Crippen LogP contribution is 1.57. The van der Waals surface area contributed by atoms with Gasteiger partial charge in [-0.25, -0.2) is 0 Å². The van der Waals surface area contributed by atoms with Crippen LogP contribution < -0.4 is 0 Å². The first-order valence-corrected chi connectivity index (χ1v) is 2.49. The fourth-order valence-corrected chi connectivity index (χ4v) is 0. The first-order valence-electron chi connectivity index (χ1n) is 2.49. The van der Waals surface area contributed by atoms with E-state index in [-0.39, 0.29) is 8.41 Å². The number of hydrogen-bond acceptors (Lipinski definition) is 0. The molecule has 0 atom stereocenters. The second-order valence-electron chi connectivity index (χ2n) is 0.667. The molecule has 0 saturated heterocycles. The molecule has 0 N–H and O–H groups in total. The van der Waals surface area contributed by atoms with E-state index in [0.717, 1.165) is 0 Å². The molecule has 0 nitrogen and oxygen atoms in total. The van der Waals surface area contributed by atoms with Crippen LogP contribution in [-0.4, -0.2) is 8.41 Å². The minimum Gasteiger partial charge on any atom is -0.0919 e. The van der Waals surface area contributed by atoms with Gasteiger partial charge in [0.2, 0.25) is 0 Å². The predicted molar refractivity (Wildman–Crippen MR) is 37.6 cm³/mol. The Balaban J connectivity index is -0.0000000480. The molecule has 0 saturated carbocycles. The van der Waals surface area contributed by atoms with Crippen molar-refractivity contribution in [1.29, 1.82) is 0 Å². The summed E-state index contributed by atoms with van der Waals surface area (Å²) in [5, 5.41) is 0. The van der Waals surface area contributed by atoms with Crippen LogP contribution in [0.1, 0.15) is 27.7 Å². The maximum absolute atomic E-state index is 2.00. The third-order valence-electron chi connectivity index (χ3n) is 0.333. The molecule has 0 aromatic heterocycles. The summed E-state index contributed by atoms with van der Waals surface area (Å²) < 4.78 is 0. The standard InChI is InChI=1S/C4H8.C2H6.B/c1-3-4-2;1-2;/h3-4H,1-2H3;1-2H3;/b4-3-;;. The summed E-state index contributed by atoms with van der Waals surface area (Å²) in [6, 6.07) is 0. The predicted octanol–water partition coefficient (Wildman–Crippen LogP) is 2.23. The van der Waals surface area contributed by atoms with E-state index in [1.54, 1.807) is 0 Å². The summed E-state index contributed by atoms with van der Waals surface area (Å²) in [5.41, 5.74) is 0. The van der Waals surface area contributed by atoms with Crippen LogP contribution >= 0.6 is 0 Å². The highest BCUT2D eigenvalue weighted by Gasteiger charge is 1.34. The fourth-order valence-electron chi connectivity index (χ4n) is 0. The monoisotopic (exact) mass is 97.1 g/mol. The zero-order chi connectivity index (χ0) is 5.41. The van der Waals surface area contributed by atoms with Gasteiger partial charge in [-0.2, -0.15) is 0 Å². The summed E-state index contributed by atoms with van der Waals surface area (Å²) in [6.07, 6.45) is 4.00. The minimum absolute atomic E-state index is 0. The van der Waals surface area contributed by atoms with Crippen molar-refractivity contribution in [3.63, 3.8) is 0 Å². The average Bonchev–Trinajstić information content (AvgIpc) is 1.72. The number of allylic oxidation sites excluding steroid dienone is 2. The van der Waals surface area contributed by atoms with E-state index >= 15 is 0 Å². The molecule has 0 amide bonds. The van der Waals surface area contributed by atoms with Crippen LogP contribution in [0.3, 0.4) is 0 Å². The smallest absolute Gasteiger partial charge is 0 e. The van der Waals surface area contributed by atoms with Crippen LogP contribution in [-0.2, 0) is 0 Å². The molecule has 3 radical (unpaired) electrons. The maximum Gasteiger partial charge on any atom is 0 e. The molecule has 0 bridgehead atoms. The van der Waals surface area contributed by atoms with Crippen molar-refractivity contribution in [3.05, 3.63) is 12.2 Å². The second-order valence-corrected chi connectivity index (χ2v) is 0.667. The van der Waals surface area contributed by atoms with Crippen molar-refractivity contribution >= 4 is 8.41 Å². The summed E-state index contributed by atoms with van der Waals surface area (Å²) >= 11 is 0. The minimum atomic E-state index is 0. The Morgan fingerprint density at radius 1 is 0.857 bits per heavy atom. The van der Waals surface area contributed by atoms with Gasteiger partial charge in [-0.3, -0.25) is 0 Å². The van der Waals surface area contributed by atoms with Crippen molar-refractivity contribution in [1.82, 2.24) is 0 Å². The molecule has 0 rings (SSSR count). The van der Waals surface area contributed by atoms with Crippen LogP contribution in [0.15, 0.2) is 12.2 Å². The van der Waals surface area contributed by atoms with Gasteiger partial charge >= 0.3 is 0 Å². The molecule has 41 valence electrons. The first-order chi connectivity index (χ1) is 2.91. The molecule has 7 heavy (non-hydrogen) atoms. The Morgan fingerprint density at radius 3 is 1.00 bits per heavy atom. The Bertz CT molecular complexity index is 19.4. The molecule has 0 aliphatic rings. The van der Waals surface area contributed by atoms with E-state index in [1.165, 1.54) is 0 Å². The SMILES string of the molecule is C/C=C\C.CC.[B]. The van der Waals surface area contributed by atoms with Gasteiger partial charge in [-0.1, -0.05) is 26.0 Å². The van der Waals surface area contributed by atoms with Gasteiger partial charge < -0.3 is 0 Å². The van der Waals surface area contributed by atoms with E-state index in [2.05, 4.69) is 0 Å². The van der Waals surface area contributed by atoms with Gasteiger partial charge in [-0.05, 0) is 13.8 Å². The molecule has 0 aliphatic heterocycles. The molecule has 0 fully saturated rings. The van der Waals surface area contributed by atoms with Gasteiger partial charge in [0.25, 0.3) is 0 Å². The lowest BCUT2D eigenvalue weighted by Crippen LogP contribution is -1.26. The van der Waals surface area contributed by atoms with Crippen molar-refractivity contribution in [2.75, 3.05) is 0 Å². The van der Waals surface area contributed by atoms with Crippen molar-refractivity contribution in [2.24, 2.45) is 0 Å². The average molecular weight is 97.0 g/mol. The van der Waals surface area contributed by atoms with E-state index in [1.807, 2.05) is 39.8 Å². The normalized spacial score (nSPS) is 6.29. The molecule has 0 aromatic rings. The van der Waals surface area contributed by atoms with Crippen molar-refractivity contribution in [2.45, 2.75) is 27.7 Å². The van der Waals surface area contributed by atoms with E-state index in [9.17, 15) is 0 Å². The summed E-state index contributed by atoms with van der Waals surface area (Å²) in [6.45, 7) is 8.00. The molecular formula is C6H14B. The zero-order valence-electron chi connectivity index (χ0n) is 5.73. The summed E-state index contributed by atoms with van der Waals surface area (Å²) in [5.74, 6) is 0. The maximum atomic E-state index is 2.00. The van der Waals surface area contributed by atoms with Gasteiger partial charge in [0.15, 0.2) is 0 Å². The third kappa shape index (κ3) is 130. The topological polar surface area (TPSA) is 0 Å². The number of rotatable bonds is 0. The molecule has 1 heteroatoms. The Morgan fingerprint density at radius 2 is 1.00 bits per heavy atom. The second kappa shape index (κ2) is 41.1. The molecular weight excluding hydrogens is 82.9 g/mol. The Hall–Kier alpha value is -0.195. The van der Waals surface area contributed by atoms with Crippen molar-refractivity contribution in [3.8, 4) is 0 Å². The lowest BCUT2D eigenvalue weighted by atomic mass is 10.6. The van der Waals surface area contributed by atoms with Gasteiger partial charge in [0, 0.05) is 8.41 Å². The van der Waals surface area contributed by atoms with Crippen LogP contribution in [0.2, 0.25) is 0 Å². The highest BCUT2D eigenvalue weighted by molar-refractivity contribution is 5.75. The largest absolute Gasteiger partial charge is 0.0919 e. The fraction of sp³-hybridized carbons (Fsp3) is 0.667. The van der Waals surface area contributed by atoms with Crippen molar-refractivity contribution < 1.29 is 0 Å². The van der Waals surface area contributed by atoms with E-state index in [0.29, 0.717) is 0 Å². The molecule has 0 spiro atoms. The molecule has 0 heterocycles. The molecule has 0 unspecified atom stereocenters. The van der Waals surface area contributed by atoms with Gasteiger partial charge in [0.05, 0.1) is 0 Å². The number of hydrogen-bond donors (Lipinski definition) is 0. The quantitative estimate of drug-likeness (QED) is 0.321.